The van der Waals surface area contributed by atoms with Crippen molar-refractivity contribution in [3.8, 4) is 17.2 Å². The number of aromatic nitrogens is 2. The first-order valence-corrected chi connectivity index (χ1v) is 8.54. The van der Waals surface area contributed by atoms with Crippen molar-refractivity contribution >= 4 is 15.7 Å². The molecule has 0 aliphatic rings. The Hall–Kier alpha value is -2.87. The third-order valence-electron chi connectivity index (χ3n) is 3.26. The van der Waals surface area contributed by atoms with E-state index in [1.54, 1.807) is 50.4 Å². The summed E-state index contributed by atoms with van der Waals surface area (Å²) in [7, 11) is -2.19. The molecule has 2 aromatic carbocycles. The van der Waals surface area contributed by atoms with Crippen LogP contribution in [0.3, 0.4) is 0 Å². The minimum atomic E-state index is -3.74. The molecule has 8 heteroatoms. The van der Waals surface area contributed by atoms with Gasteiger partial charge >= 0.3 is 0 Å². The van der Waals surface area contributed by atoms with E-state index in [-0.39, 0.29) is 10.8 Å². The lowest BCUT2D eigenvalue weighted by Gasteiger charge is -2.09. The van der Waals surface area contributed by atoms with Crippen LogP contribution in [0.25, 0.3) is 11.5 Å². The van der Waals surface area contributed by atoms with Gasteiger partial charge in [-0.05, 0) is 42.5 Å². The zero-order chi connectivity index (χ0) is 17.2. The summed E-state index contributed by atoms with van der Waals surface area (Å²) < 4.78 is 38.0. The predicted molar refractivity (Wildman–Crippen MR) is 88.3 cm³/mol. The Balaban J connectivity index is 1.89. The molecule has 7 nitrogen and oxygen atoms in total. The first kappa shape index (κ1) is 16.0. The molecular formula is C16H15N3O4S. The fraction of sp³-hybridized carbons (Fsp3) is 0.125. The van der Waals surface area contributed by atoms with Crippen LogP contribution >= 0.6 is 0 Å². The van der Waals surface area contributed by atoms with Crippen LogP contribution in [-0.2, 0) is 10.0 Å². The lowest BCUT2D eigenvalue weighted by molar-refractivity contribution is 0.415. The summed E-state index contributed by atoms with van der Waals surface area (Å²) in [5.41, 5.74) is 0.975. The topological polar surface area (TPSA) is 94.3 Å². The molecular weight excluding hydrogens is 330 g/mol. The van der Waals surface area contributed by atoms with E-state index in [4.69, 9.17) is 9.15 Å². The molecule has 0 aliphatic carbocycles. The number of hydrogen-bond acceptors (Lipinski definition) is 6. The number of aryl methyl sites for hydroxylation is 1. The van der Waals surface area contributed by atoms with Crippen molar-refractivity contribution < 1.29 is 17.6 Å². The quantitative estimate of drug-likeness (QED) is 0.764. The lowest BCUT2D eigenvalue weighted by Crippen LogP contribution is -2.12. The molecule has 0 bridgehead atoms. The van der Waals surface area contributed by atoms with Gasteiger partial charge in [0.1, 0.15) is 5.75 Å². The molecule has 0 atom stereocenters. The number of benzene rings is 2. The Morgan fingerprint density at radius 2 is 1.83 bits per heavy atom. The smallest absolute Gasteiger partial charge is 0.261 e. The Morgan fingerprint density at radius 3 is 2.46 bits per heavy atom. The van der Waals surface area contributed by atoms with Gasteiger partial charge in [0.2, 0.25) is 11.8 Å². The molecule has 0 radical (unpaired) electrons. The summed E-state index contributed by atoms with van der Waals surface area (Å²) in [6.07, 6.45) is 0. The summed E-state index contributed by atoms with van der Waals surface area (Å²) in [6, 6.07) is 12.9. The normalized spacial score (nSPS) is 11.2. The van der Waals surface area contributed by atoms with Gasteiger partial charge in [-0.25, -0.2) is 8.42 Å². The second kappa shape index (κ2) is 6.32. The predicted octanol–water partition coefficient (Wildman–Crippen LogP) is 2.85. The maximum Gasteiger partial charge on any atom is 0.261 e. The summed E-state index contributed by atoms with van der Waals surface area (Å²) >= 11 is 0. The summed E-state index contributed by atoms with van der Waals surface area (Å²) in [6.45, 7) is 1.67. The van der Waals surface area contributed by atoms with Crippen LogP contribution in [0.2, 0.25) is 0 Å². The molecule has 3 rings (SSSR count). The molecule has 24 heavy (non-hydrogen) atoms. The third kappa shape index (κ3) is 3.38. The first-order chi connectivity index (χ1) is 11.5. The second-order valence-corrected chi connectivity index (χ2v) is 6.67. The van der Waals surface area contributed by atoms with Crippen LogP contribution in [0.1, 0.15) is 5.89 Å². The molecule has 0 amide bonds. The highest BCUT2D eigenvalue weighted by molar-refractivity contribution is 7.92. The molecule has 124 valence electrons. The maximum atomic E-state index is 12.5. The Kier molecular flexibility index (Phi) is 4.22. The van der Waals surface area contributed by atoms with Gasteiger partial charge in [0.15, 0.2) is 0 Å². The highest BCUT2D eigenvalue weighted by Crippen LogP contribution is 2.23. The Morgan fingerprint density at radius 1 is 1.08 bits per heavy atom. The van der Waals surface area contributed by atoms with Gasteiger partial charge in [-0.3, -0.25) is 4.72 Å². The zero-order valence-electron chi connectivity index (χ0n) is 13.1. The van der Waals surface area contributed by atoms with Crippen LogP contribution in [-0.4, -0.2) is 25.7 Å². The van der Waals surface area contributed by atoms with E-state index in [0.29, 0.717) is 22.9 Å². The number of methoxy groups -OCH3 is 1. The van der Waals surface area contributed by atoms with Crippen molar-refractivity contribution in [2.24, 2.45) is 0 Å². The van der Waals surface area contributed by atoms with Gasteiger partial charge < -0.3 is 9.15 Å². The number of anilines is 1. The summed E-state index contributed by atoms with van der Waals surface area (Å²) in [4.78, 5) is 0.103. The molecule has 0 saturated carbocycles. The van der Waals surface area contributed by atoms with E-state index in [1.807, 2.05) is 0 Å². The molecule has 0 unspecified atom stereocenters. The molecule has 0 fully saturated rings. The van der Waals surface area contributed by atoms with Crippen LogP contribution in [0.15, 0.2) is 57.8 Å². The molecule has 3 aromatic rings. The number of nitrogens with one attached hydrogen (secondary N) is 1. The van der Waals surface area contributed by atoms with Crippen LogP contribution < -0.4 is 9.46 Å². The fourth-order valence-corrected chi connectivity index (χ4v) is 3.19. The van der Waals surface area contributed by atoms with E-state index in [0.717, 1.165) is 0 Å². The van der Waals surface area contributed by atoms with E-state index in [2.05, 4.69) is 14.9 Å². The second-order valence-electron chi connectivity index (χ2n) is 4.99. The average molecular weight is 345 g/mol. The zero-order valence-corrected chi connectivity index (χ0v) is 13.9. The van der Waals surface area contributed by atoms with Crippen LogP contribution in [0, 0.1) is 6.92 Å². The standard InChI is InChI=1S/C16H15N3O4S/c1-11-17-18-16(23-11)12-4-3-5-15(10-12)24(20,21)19-13-6-8-14(22-2)9-7-13/h3-10,19H,1-2H3. The van der Waals surface area contributed by atoms with Crippen molar-refractivity contribution in [3.63, 3.8) is 0 Å². The first-order valence-electron chi connectivity index (χ1n) is 7.05. The van der Waals surface area contributed by atoms with Crippen LogP contribution in [0.4, 0.5) is 5.69 Å². The Labute approximate surface area is 139 Å². The number of ether oxygens (including phenoxy) is 1. The number of rotatable bonds is 5. The largest absolute Gasteiger partial charge is 0.497 e. The average Bonchev–Trinajstić information content (AvgIpc) is 3.02. The molecule has 0 saturated heterocycles. The van der Waals surface area contributed by atoms with Crippen LogP contribution in [0.5, 0.6) is 5.75 Å². The van der Waals surface area contributed by atoms with Gasteiger partial charge in [-0.15, -0.1) is 10.2 Å². The van der Waals surface area contributed by atoms with Crippen molar-refractivity contribution in [1.29, 1.82) is 0 Å². The number of nitrogens with zero attached hydrogens (tertiary/aromatic N) is 2. The molecule has 1 aromatic heterocycles. The maximum absolute atomic E-state index is 12.5. The molecule has 1 N–H and O–H groups in total. The minimum Gasteiger partial charge on any atom is -0.497 e. The summed E-state index contributed by atoms with van der Waals surface area (Å²) in [5.74, 6) is 1.33. The molecule has 1 heterocycles. The van der Waals surface area contributed by atoms with Gasteiger partial charge in [0.25, 0.3) is 10.0 Å². The molecule has 0 spiro atoms. The monoisotopic (exact) mass is 345 g/mol. The van der Waals surface area contributed by atoms with Gasteiger partial charge in [0, 0.05) is 18.2 Å². The van der Waals surface area contributed by atoms with Crippen molar-refractivity contribution in [1.82, 2.24) is 10.2 Å². The van der Waals surface area contributed by atoms with E-state index in [1.165, 1.54) is 12.1 Å². The van der Waals surface area contributed by atoms with Gasteiger partial charge in [-0.2, -0.15) is 0 Å². The Bertz CT molecular complexity index is 949. The fourth-order valence-electron chi connectivity index (χ4n) is 2.08. The SMILES string of the molecule is COc1ccc(NS(=O)(=O)c2cccc(-c3nnc(C)o3)c2)cc1. The lowest BCUT2D eigenvalue weighted by atomic mass is 10.2. The van der Waals surface area contributed by atoms with E-state index in [9.17, 15) is 8.42 Å². The third-order valence-corrected chi connectivity index (χ3v) is 4.64. The molecule has 0 aliphatic heterocycles. The highest BCUT2D eigenvalue weighted by Gasteiger charge is 2.16. The highest BCUT2D eigenvalue weighted by atomic mass is 32.2. The van der Waals surface area contributed by atoms with E-state index < -0.39 is 10.0 Å². The number of hydrogen-bond donors (Lipinski definition) is 1. The van der Waals surface area contributed by atoms with Crippen molar-refractivity contribution in [3.05, 3.63) is 54.4 Å². The van der Waals surface area contributed by atoms with Crippen molar-refractivity contribution in [2.45, 2.75) is 11.8 Å². The minimum absolute atomic E-state index is 0.103. The number of sulfonamides is 1. The van der Waals surface area contributed by atoms with Gasteiger partial charge in [0.05, 0.1) is 12.0 Å². The van der Waals surface area contributed by atoms with E-state index >= 15 is 0 Å². The van der Waals surface area contributed by atoms with Gasteiger partial charge in [-0.1, -0.05) is 6.07 Å². The summed E-state index contributed by atoms with van der Waals surface area (Å²) in [5, 5.41) is 7.64. The van der Waals surface area contributed by atoms with Crippen molar-refractivity contribution in [2.75, 3.05) is 11.8 Å².